The van der Waals surface area contributed by atoms with Crippen LogP contribution in [0.25, 0.3) is 0 Å². The van der Waals surface area contributed by atoms with Gasteiger partial charge in [0.2, 0.25) is 0 Å². The number of aryl methyl sites for hydroxylation is 1. The summed E-state index contributed by atoms with van der Waals surface area (Å²) in [4.78, 5) is 0. The fourth-order valence-corrected chi connectivity index (χ4v) is 2.40. The molecule has 0 aromatic heterocycles. The fraction of sp³-hybridized carbons (Fsp3) is 0.600. The van der Waals surface area contributed by atoms with Crippen LogP contribution in [0.15, 0.2) is 12.1 Å². The maximum atomic E-state index is 14.1. The van der Waals surface area contributed by atoms with Crippen molar-refractivity contribution in [3.8, 4) is 0 Å². The second kappa shape index (κ2) is 6.44. The quantitative estimate of drug-likeness (QED) is 0.851. The molecule has 0 radical (unpaired) electrons. The highest BCUT2D eigenvalue weighted by Gasteiger charge is 2.39. The number of ether oxygens (including phenoxy) is 1. The molecular weight excluding hydrogens is 250 g/mol. The number of hydrogen-bond donors (Lipinski definition) is 1. The first-order chi connectivity index (χ1) is 8.93. The van der Waals surface area contributed by atoms with Crippen molar-refractivity contribution in [3.63, 3.8) is 0 Å². The molecule has 19 heavy (non-hydrogen) atoms. The Bertz CT molecular complexity index is 428. The van der Waals surface area contributed by atoms with E-state index in [2.05, 4.69) is 0 Å². The monoisotopic (exact) mass is 272 g/mol. The average molecular weight is 272 g/mol. The van der Waals surface area contributed by atoms with Crippen molar-refractivity contribution < 1.29 is 18.6 Å². The normalized spacial score (nSPS) is 13.6. The van der Waals surface area contributed by atoms with Gasteiger partial charge in [0.1, 0.15) is 17.7 Å². The van der Waals surface area contributed by atoms with Crippen LogP contribution in [-0.4, -0.2) is 17.3 Å². The molecule has 0 spiro atoms. The number of aliphatic hydroxyl groups is 1. The van der Waals surface area contributed by atoms with Crippen LogP contribution in [0.2, 0.25) is 0 Å². The lowest BCUT2D eigenvalue weighted by atomic mass is 9.85. The van der Waals surface area contributed by atoms with Crippen LogP contribution in [0.4, 0.5) is 8.78 Å². The van der Waals surface area contributed by atoms with E-state index in [1.54, 1.807) is 13.8 Å². The molecule has 1 aromatic rings. The maximum Gasteiger partial charge on any atom is 0.134 e. The summed E-state index contributed by atoms with van der Waals surface area (Å²) in [5.41, 5.74) is -0.935. The van der Waals surface area contributed by atoms with E-state index >= 15 is 0 Å². The first kappa shape index (κ1) is 16.1. The SMILES string of the molecule is CCOC(CC)(CC)C(O)c1c(F)ccc(C)c1F. The molecule has 0 amide bonds. The van der Waals surface area contributed by atoms with E-state index in [9.17, 15) is 13.9 Å². The Morgan fingerprint density at radius 3 is 2.26 bits per heavy atom. The number of aliphatic hydroxyl groups excluding tert-OH is 1. The van der Waals surface area contributed by atoms with Crippen molar-refractivity contribution in [3.05, 3.63) is 34.9 Å². The molecule has 0 bridgehead atoms. The minimum absolute atomic E-state index is 0.294. The maximum absolute atomic E-state index is 14.1. The molecule has 0 saturated carbocycles. The van der Waals surface area contributed by atoms with Gasteiger partial charge in [-0.05, 0) is 38.3 Å². The Kier molecular flexibility index (Phi) is 5.44. The summed E-state index contributed by atoms with van der Waals surface area (Å²) >= 11 is 0. The Morgan fingerprint density at radius 2 is 1.79 bits per heavy atom. The number of halogens is 2. The van der Waals surface area contributed by atoms with Gasteiger partial charge in [-0.3, -0.25) is 0 Å². The molecule has 1 N–H and O–H groups in total. The lowest BCUT2D eigenvalue weighted by molar-refractivity contribution is -0.129. The van der Waals surface area contributed by atoms with Gasteiger partial charge < -0.3 is 9.84 Å². The minimum Gasteiger partial charge on any atom is -0.385 e. The standard InChI is InChI=1S/C15H22F2O2/c1-5-15(6-2,19-7-3)14(18)12-11(16)9-8-10(4)13(12)17/h8-9,14,18H,5-7H2,1-4H3. The second-order valence-corrected chi connectivity index (χ2v) is 4.70. The van der Waals surface area contributed by atoms with Crippen LogP contribution in [0.5, 0.6) is 0 Å². The molecule has 108 valence electrons. The third kappa shape index (κ3) is 2.95. The van der Waals surface area contributed by atoms with Crippen LogP contribution in [-0.2, 0) is 4.74 Å². The van der Waals surface area contributed by atoms with E-state index in [0.717, 1.165) is 0 Å². The highest BCUT2D eigenvalue weighted by molar-refractivity contribution is 5.30. The Morgan fingerprint density at radius 1 is 1.21 bits per heavy atom. The predicted octanol–water partition coefficient (Wildman–Crippen LogP) is 3.90. The Balaban J connectivity index is 3.31. The van der Waals surface area contributed by atoms with Crippen molar-refractivity contribution in [2.45, 2.75) is 52.2 Å². The zero-order chi connectivity index (χ0) is 14.6. The summed E-state index contributed by atoms with van der Waals surface area (Å²) in [5, 5.41) is 10.4. The smallest absolute Gasteiger partial charge is 0.134 e. The van der Waals surface area contributed by atoms with E-state index in [4.69, 9.17) is 4.74 Å². The molecule has 1 unspecified atom stereocenters. The van der Waals surface area contributed by atoms with Gasteiger partial charge in [0.15, 0.2) is 0 Å². The summed E-state index contributed by atoms with van der Waals surface area (Å²) in [6.07, 6.45) is -0.362. The second-order valence-electron chi connectivity index (χ2n) is 4.70. The van der Waals surface area contributed by atoms with Gasteiger partial charge in [0, 0.05) is 6.61 Å². The lowest BCUT2D eigenvalue weighted by Gasteiger charge is -2.36. The van der Waals surface area contributed by atoms with Gasteiger partial charge in [0.05, 0.1) is 11.2 Å². The van der Waals surface area contributed by atoms with Crippen LogP contribution in [0.3, 0.4) is 0 Å². The first-order valence-corrected chi connectivity index (χ1v) is 6.70. The number of hydrogen-bond acceptors (Lipinski definition) is 2. The summed E-state index contributed by atoms with van der Waals surface area (Å²) in [6, 6.07) is 2.54. The Hall–Kier alpha value is -1.00. The molecule has 2 nitrogen and oxygen atoms in total. The third-order valence-electron chi connectivity index (χ3n) is 3.72. The number of rotatable bonds is 6. The van der Waals surface area contributed by atoms with Gasteiger partial charge in [-0.1, -0.05) is 19.9 Å². The fourth-order valence-electron chi connectivity index (χ4n) is 2.40. The molecule has 1 atom stereocenters. The predicted molar refractivity (Wildman–Crippen MR) is 71.0 cm³/mol. The van der Waals surface area contributed by atoms with E-state index < -0.39 is 23.3 Å². The molecule has 0 aliphatic carbocycles. The van der Waals surface area contributed by atoms with Crippen LogP contribution in [0.1, 0.15) is 50.8 Å². The topological polar surface area (TPSA) is 29.5 Å². The van der Waals surface area contributed by atoms with Crippen molar-refractivity contribution in [2.24, 2.45) is 0 Å². The van der Waals surface area contributed by atoms with Gasteiger partial charge >= 0.3 is 0 Å². The highest BCUT2D eigenvalue weighted by Crippen LogP contribution is 2.38. The summed E-state index contributed by atoms with van der Waals surface area (Å²) < 4.78 is 33.6. The van der Waals surface area contributed by atoms with Crippen molar-refractivity contribution in [2.75, 3.05) is 6.61 Å². The molecule has 0 heterocycles. The van der Waals surface area contributed by atoms with Crippen molar-refractivity contribution in [1.82, 2.24) is 0 Å². The van der Waals surface area contributed by atoms with E-state index in [1.165, 1.54) is 12.1 Å². The Labute approximate surface area is 113 Å². The summed E-state index contributed by atoms with van der Waals surface area (Å²) in [5.74, 6) is -1.43. The highest BCUT2D eigenvalue weighted by atomic mass is 19.1. The van der Waals surface area contributed by atoms with Crippen LogP contribution >= 0.6 is 0 Å². The molecular formula is C15H22F2O2. The zero-order valence-electron chi connectivity index (χ0n) is 12.0. The van der Waals surface area contributed by atoms with Crippen LogP contribution < -0.4 is 0 Å². The van der Waals surface area contributed by atoms with E-state index in [1.807, 2.05) is 13.8 Å². The molecule has 0 saturated heterocycles. The summed E-state index contributed by atoms with van der Waals surface area (Å²) in [6.45, 7) is 7.41. The van der Waals surface area contributed by atoms with Gasteiger partial charge in [-0.25, -0.2) is 8.78 Å². The largest absolute Gasteiger partial charge is 0.385 e. The lowest BCUT2D eigenvalue weighted by Crippen LogP contribution is -2.39. The average Bonchev–Trinajstić information content (AvgIpc) is 2.40. The molecule has 4 heteroatoms. The molecule has 0 fully saturated rings. The van der Waals surface area contributed by atoms with Crippen LogP contribution in [0, 0.1) is 18.6 Å². The van der Waals surface area contributed by atoms with Gasteiger partial charge in [-0.2, -0.15) is 0 Å². The van der Waals surface area contributed by atoms with E-state index in [-0.39, 0.29) is 5.56 Å². The van der Waals surface area contributed by atoms with Gasteiger partial charge in [0.25, 0.3) is 0 Å². The minimum atomic E-state index is -1.32. The summed E-state index contributed by atoms with van der Waals surface area (Å²) in [7, 11) is 0. The van der Waals surface area contributed by atoms with Crippen molar-refractivity contribution >= 4 is 0 Å². The first-order valence-electron chi connectivity index (χ1n) is 6.70. The molecule has 0 aliphatic rings. The zero-order valence-corrected chi connectivity index (χ0v) is 12.0. The molecule has 0 aliphatic heterocycles. The van der Waals surface area contributed by atoms with E-state index in [0.29, 0.717) is 25.0 Å². The molecule has 1 aromatic carbocycles. The number of benzene rings is 1. The third-order valence-corrected chi connectivity index (χ3v) is 3.72. The van der Waals surface area contributed by atoms with Gasteiger partial charge in [-0.15, -0.1) is 0 Å². The molecule has 1 rings (SSSR count). The van der Waals surface area contributed by atoms with Crippen molar-refractivity contribution in [1.29, 1.82) is 0 Å².